The molecule has 1 aliphatic heterocycles. The van der Waals surface area contributed by atoms with Crippen LogP contribution < -0.4 is 4.90 Å². The van der Waals surface area contributed by atoms with E-state index in [4.69, 9.17) is 4.74 Å². The lowest BCUT2D eigenvalue weighted by molar-refractivity contribution is -0.132. The van der Waals surface area contributed by atoms with E-state index in [0.717, 1.165) is 11.1 Å². The number of ketones is 1. The largest absolute Gasteiger partial charge is 0.507 e. The van der Waals surface area contributed by atoms with E-state index in [1.165, 1.54) is 11.0 Å². The van der Waals surface area contributed by atoms with Gasteiger partial charge in [-0.2, -0.15) is 0 Å². The lowest BCUT2D eigenvalue weighted by Crippen LogP contribution is -2.29. The van der Waals surface area contributed by atoms with Gasteiger partial charge < -0.3 is 9.84 Å². The van der Waals surface area contributed by atoms with Crippen LogP contribution in [0.25, 0.3) is 5.76 Å². The molecular formula is C29H27NO5. The maximum atomic E-state index is 13.3. The molecule has 1 amide bonds. The Bertz CT molecular complexity index is 1320. The summed E-state index contributed by atoms with van der Waals surface area (Å²) < 4.78 is 5.24. The molecule has 3 aromatic carbocycles. The molecule has 1 atom stereocenters. The van der Waals surface area contributed by atoms with Crippen molar-refractivity contribution in [2.24, 2.45) is 0 Å². The fourth-order valence-corrected chi connectivity index (χ4v) is 4.18. The number of carbonyl (C=O) groups is 3. The minimum absolute atomic E-state index is 0.00316. The molecular weight excluding hydrogens is 442 g/mol. The van der Waals surface area contributed by atoms with Crippen LogP contribution in [-0.4, -0.2) is 29.4 Å². The second-order valence-electron chi connectivity index (χ2n) is 8.64. The van der Waals surface area contributed by atoms with E-state index in [1.807, 2.05) is 57.2 Å². The molecule has 1 N–H and O–H groups in total. The molecule has 35 heavy (non-hydrogen) atoms. The third kappa shape index (κ3) is 4.73. The second kappa shape index (κ2) is 9.97. The number of aryl methyl sites for hydroxylation is 2. The maximum Gasteiger partial charge on any atom is 0.338 e. The molecule has 6 heteroatoms. The number of Topliss-reactive ketones (excluding diaryl/α,β-unsaturated/α-hetero) is 1. The highest BCUT2D eigenvalue weighted by Gasteiger charge is 2.47. The van der Waals surface area contributed by atoms with E-state index in [2.05, 4.69) is 0 Å². The normalized spacial score (nSPS) is 17.0. The van der Waals surface area contributed by atoms with Crippen LogP contribution in [0.15, 0.2) is 78.4 Å². The summed E-state index contributed by atoms with van der Waals surface area (Å²) in [7, 11) is 0. The van der Waals surface area contributed by atoms with Crippen molar-refractivity contribution >= 4 is 29.1 Å². The predicted molar refractivity (Wildman–Crippen MR) is 134 cm³/mol. The Morgan fingerprint density at radius 3 is 2.31 bits per heavy atom. The minimum atomic E-state index is -0.863. The van der Waals surface area contributed by atoms with E-state index in [0.29, 0.717) is 23.2 Å². The molecule has 1 unspecified atom stereocenters. The third-order valence-electron chi connectivity index (χ3n) is 5.92. The number of hydrogen-bond acceptors (Lipinski definition) is 5. The number of nitrogens with zero attached hydrogens (tertiary/aromatic N) is 1. The Balaban J connectivity index is 1.88. The number of hydrogen-bond donors (Lipinski definition) is 1. The van der Waals surface area contributed by atoms with Crippen LogP contribution in [0.1, 0.15) is 52.0 Å². The van der Waals surface area contributed by atoms with Crippen LogP contribution in [0, 0.1) is 13.8 Å². The van der Waals surface area contributed by atoms with Crippen LogP contribution in [0.4, 0.5) is 5.69 Å². The van der Waals surface area contributed by atoms with E-state index >= 15 is 0 Å². The Kier molecular flexibility index (Phi) is 6.82. The first-order chi connectivity index (χ1) is 16.8. The Morgan fingerprint density at radius 1 is 0.914 bits per heavy atom. The van der Waals surface area contributed by atoms with Gasteiger partial charge in [0.15, 0.2) is 0 Å². The molecule has 1 heterocycles. The molecule has 1 saturated heterocycles. The fraction of sp³-hybridized carbons (Fsp3) is 0.207. The van der Waals surface area contributed by atoms with Crippen molar-refractivity contribution in [2.75, 3.05) is 11.5 Å². The molecule has 0 aliphatic carbocycles. The molecule has 0 saturated carbocycles. The zero-order valence-electron chi connectivity index (χ0n) is 19.9. The van der Waals surface area contributed by atoms with Gasteiger partial charge >= 0.3 is 5.97 Å². The smallest absolute Gasteiger partial charge is 0.338 e. The standard InChI is InChI=1S/C29H27NO5/c1-4-15-35-29(34)22-9-6-10-23(17-22)30-25(21-8-5-7-19(3)16-21)24(27(32)28(30)33)26(31)20-13-11-18(2)12-14-20/h5-14,16-17,25,31H,4,15H2,1-3H3/b26-24+. The second-order valence-corrected chi connectivity index (χ2v) is 8.64. The number of carbonyl (C=O) groups excluding carboxylic acids is 3. The van der Waals surface area contributed by atoms with Crippen LogP contribution >= 0.6 is 0 Å². The molecule has 1 aliphatic rings. The minimum Gasteiger partial charge on any atom is -0.507 e. The third-order valence-corrected chi connectivity index (χ3v) is 5.92. The van der Waals surface area contributed by atoms with E-state index in [1.54, 1.807) is 30.3 Å². The van der Waals surface area contributed by atoms with Gasteiger partial charge in [0.2, 0.25) is 0 Å². The van der Waals surface area contributed by atoms with Crippen LogP contribution in [0.5, 0.6) is 0 Å². The highest BCUT2D eigenvalue weighted by Crippen LogP contribution is 2.42. The van der Waals surface area contributed by atoms with Gasteiger partial charge in [0.1, 0.15) is 5.76 Å². The van der Waals surface area contributed by atoms with Gasteiger partial charge in [-0.15, -0.1) is 0 Å². The van der Waals surface area contributed by atoms with Gasteiger partial charge in [0.25, 0.3) is 11.7 Å². The molecule has 3 aromatic rings. The average Bonchev–Trinajstić information content (AvgIpc) is 3.13. The summed E-state index contributed by atoms with van der Waals surface area (Å²) in [5, 5.41) is 11.2. The highest BCUT2D eigenvalue weighted by molar-refractivity contribution is 6.51. The van der Waals surface area contributed by atoms with Crippen LogP contribution in [0.3, 0.4) is 0 Å². The highest BCUT2D eigenvalue weighted by atomic mass is 16.5. The topological polar surface area (TPSA) is 83.9 Å². The van der Waals surface area contributed by atoms with Crippen molar-refractivity contribution < 1.29 is 24.2 Å². The lowest BCUT2D eigenvalue weighted by Gasteiger charge is -2.26. The van der Waals surface area contributed by atoms with E-state index < -0.39 is 23.7 Å². The SMILES string of the molecule is CCCOC(=O)c1cccc(N2C(=O)C(=O)/C(=C(/O)c3ccc(C)cc3)C2c2cccc(C)c2)c1. The molecule has 0 aromatic heterocycles. The van der Waals surface area contributed by atoms with Crippen molar-refractivity contribution in [3.8, 4) is 0 Å². The maximum absolute atomic E-state index is 13.3. The first-order valence-corrected chi connectivity index (χ1v) is 11.5. The van der Waals surface area contributed by atoms with Gasteiger partial charge in [0, 0.05) is 11.3 Å². The summed E-state index contributed by atoms with van der Waals surface area (Å²) in [6, 6.07) is 20.1. The number of amides is 1. The molecule has 178 valence electrons. The zero-order chi connectivity index (χ0) is 25.1. The molecule has 0 bridgehead atoms. The number of ether oxygens (including phenoxy) is 1. The number of anilines is 1. The van der Waals surface area contributed by atoms with E-state index in [9.17, 15) is 19.5 Å². The lowest BCUT2D eigenvalue weighted by atomic mass is 9.94. The van der Waals surface area contributed by atoms with E-state index in [-0.39, 0.29) is 23.5 Å². The number of aliphatic hydroxyl groups is 1. The van der Waals surface area contributed by atoms with Crippen LogP contribution in [-0.2, 0) is 14.3 Å². The van der Waals surface area contributed by atoms with Crippen molar-refractivity contribution in [2.45, 2.75) is 33.2 Å². The Morgan fingerprint density at radius 2 is 1.63 bits per heavy atom. The fourth-order valence-electron chi connectivity index (χ4n) is 4.18. The molecule has 4 rings (SSSR count). The van der Waals surface area contributed by atoms with Crippen molar-refractivity contribution in [3.63, 3.8) is 0 Å². The molecule has 1 fully saturated rings. The Hall–Kier alpha value is -4.19. The first-order valence-electron chi connectivity index (χ1n) is 11.5. The number of rotatable bonds is 6. The quantitative estimate of drug-likeness (QED) is 0.223. The van der Waals surface area contributed by atoms with Gasteiger partial charge in [-0.25, -0.2) is 4.79 Å². The van der Waals surface area contributed by atoms with Crippen LogP contribution in [0.2, 0.25) is 0 Å². The van der Waals surface area contributed by atoms with Gasteiger partial charge in [-0.3, -0.25) is 14.5 Å². The molecule has 0 radical (unpaired) electrons. The molecule has 0 spiro atoms. The Labute approximate surface area is 204 Å². The van der Waals surface area contributed by atoms with Crippen molar-refractivity contribution in [1.29, 1.82) is 0 Å². The summed E-state index contributed by atoms with van der Waals surface area (Å²) in [4.78, 5) is 40.4. The molecule has 6 nitrogen and oxygen atoms in total. The first kappa shape index (κ1) is 24.0. The monoisotopic (exact) mass is 469 g/mol. The number of aliphatic hydroxyl groups excluding tert-OH is 1. The summed E-state index contributed by atoms with van der Waals surface area (Å²) in [6.07, 6.45) is 0.687. The summed E-state index contributed by atoms with van der Waals surface area (Å²) in [5.74, 6) is -2.30. The van der Waals surface area contributed by atoms with Gasteiger partial charge in [-0.05, 0) is 44.0 Å². The summed E-state index contributed by atoms with van der Waals surface area (Å²) >= 11 is 0. The van der Waals surface area contributed by atoms with Gasteiger partial charge in [0.05, 0.1) is 23.8 Å². The zero-order valence-corrected chi connectivity index (χ0v) is 19.9. The predicted octanol–water partition coefficient (Wildman–Crippen LogP) is 5.50. The number of esters is 1. The number of benzene rings is 3. The summed E-state index contributed by atoms with van der Waals surface area (Å²) in [5.41, 5.74) is 3.72. The van der Waals surface area contributed by atoms with Crippen molar-refractivity contribution in [1.82, 2.24) is 0 Å². The summed E-state index contributed by atoms with van der Waals surface area (Å²) in [6.45, 7) is 6.03. The average molecular weight is 470 g/mol. The van der Waals surface area contributed by atoms with Crippen molar-refractivity contribution in [3.05, 3.63) is 106 Å². The van der Waals surface area contributed by atoms with Gasteiger partial charge in [-0.1, -0.05) is 72.6 Å².